The number of halogens is 1. The van der Waals surface area contributed by atoms with Crippen LogP contribution in [0.3, 0.4) is 0 Å². The molecule has 0 radical (unpaired) electrons. The Balaban J connectivity index is 1.59. The molecule has 0 aromatic heterocycles. The maximum Gasteiger partial charge on any atom is 0.264 e. The van der Waals surface area contributed by atoms with Crippen LogP contribution in [0.4, 0.5) is 5.69 Å². The van der Waals surface area contributed by atoms with E-state index >= 15 is 0 Å². The van der Waals surface area contributed by atoms with Gasteiger partial charge in [-0.1, -0.05) is 54.4 Å². The highest BCUT2D eigenvalue weighted by Gasteiger charge is 2.28. The van der Waals surface area contributed by atoms with Gasteiger partial charge in [-0.05, 0) is 92.1 Å². The van der Waals surface area contributed by atoms with Crippen LogP contribution < -0.4 is 9.62 Å². The maximum atomic E-state index is 13.6. The third-order valence-corrected chi connectivity index (χ3v) is 8.57. The molecule has 0 bridgehead atoms. The van der Waals surface area contributed by atoms with Crippen LogP contribution in [0.5, 0.6) is 0 Å². The average Bonchev–Trinajstić information content (AvgIpc) is 2.86. The minimum atomic E-state index is -3.98. The van der Waals surface area contributed by atoms with Crippen molar-refractivity contribution < 1.29 is 13.2 Å². The number of sulfonamides is 1. The highest BCUT2D eigenvalue weighted by Crippen LogP contribution is 2.27. The molecular formula is C28H31ClN2O3S. The number of fused-ring (bicyclic) bond motifs is 1. The molecule has 5 nitrogen and oxygen atoms in total. The lowest BCUT2D eigenvalue weighted by Gasteiger charge is -2.26. The van der Waals surface area contributed by atoms with Crippen LogP contribution in [0.25, 0.3) is 0 Å². The van der Waals surface area contributed by atoms with Gasteiger partial charge in [-0.3, -0.25) is 9.10 Å². The number of amides is 1. The second-order valence-electron chi connectivity index (χ2n) is 9.06. The Labute approximate surface area is 213 Å². The molecule has 0 saturated carbocycles. The predicted octanol–water partition coefficient (Wildman–Crippen LogP) is 5.99. The van der Waals surface area contributed by atoms with E-state index in [0.29, 0.717) is 17.1 Å². The van der Waals surface area contributed by atoms with E-state index in [1.807, 2.05) is 26.0 Å². The van der Waals surface area contributed by atoms with Gasteiger partial charge in [0.2, 0.25) is 5.91 Å². The van der Waals surface area contributed by atoms with Crippen molar-refractivity contribution in [1.29, 1.82) is 0 Å². The van der Waals surface area contributed by atoms with Gasteiger partial charge >= 0.3 is 0 Å². The average molecular weight is 511 g/mol. The van der Waals surface area contributed by atoms with Crippen molar-refractivity contribution in [3.63, 3.8) is 0 Å². The third kappa shape index (κ3) is 5.88. The Kier molecular flexibility index (Phi) is 7.82. The Morgan fingerprint density at radius 1 is 0.971 bits per heavy atom. The number of hydrogen-bond donors (Lipinski definition) is 1. The smallest absolute Gasteiger partial charge is 0.264 e. The molecule has 0 aliphatic heterocycles. The summed E-state index contributed by atoms with van der Waals surface area (Å²) in [6.45, 7) is 3.63. The van der Waals surface area contributed by atoms with Gasteiger partial charge in [-0.25, -0.2) is 8.42 Å². The molecule has 4 rings (SSSR count). The Morgan fingerprint density at radius 2 is 1.63 bits per heavy atom. The van der Waals surface area contributed by atoms with Gasteiger partial charge in [-0.15, -0.1) is 0 Å². The zero-order chi connectivity index (χ0) is 25.0. The summed E-state index contributed by atoms with van der Waals surface area (Å²) in [5, 5.41) is 3.51. The van der Waals surface area contributed by atoms with Gasteiger partial charge in [-0.2, -0.15) is 0 Å². The summed E-state index contributed by atoms with van der Waals surface area (Å²) in [7, 11) is -3.98. The van der Waals surface area contributed by atoms with E-state index in [9.17, 15) is 13.2 Å². The highest BCUT2D eigenvalue weighted by molar-refractivity contribution is 7.92. The number of hydrogen-bond acceptors (Lipinski definition) is 3. The SMILES string of the molecule is CCC(NC(=O)CN(c1ccc(C)cc1)S(=O)(=O)c1ccc(Cl)cc1)c1ccc2c(c1)CCCC2. The maximum absolute atomic E-state index is 13.6. The van der Waals surface area contributed by atoms with Crippen molar-refractivity contribution in [3.8, 4) is 0 Å². The number of carbonyl (C=O) groups is 1. The summed E-state index contributed by atoms with van der Waals surface area (Å²) in [5.74, 6) is -0.354. The molecule has 1 aliphatic carbocycles. The molecule has 3 aromatic carbocycles. The van der Waals surface area contributed by atoms with Gasteiger partial charge in [0.25, 0.3) is 10.0 Å². The molecule has 1 unspecified atom stereocenters. The minimum absolute atomic E-state index is 0.0806. The van der Waals surface area contributed by atoms with Gasteiger partial charge in [0.15, 0.2) is 0 Å². The summed E-state index contributed by atoms with van der Waals surface area (Å²) in [4.78, 5) is 13.3. The molecule has 7 heteroatoms. The van der Waals surface area contributed by atoms with Crippen molar-refractivity contribution >= 4 is 33.2 Å². The third-order valence-electron chi connectivity index (χ3n) is 6.53. The van der Waals surface area contributed by atoms with Crippen LogP contribution >= 0.6 is 11.6 Å². The number of rotatable bonds is 8. The Bertz CT molecular complexity index is 1290. The minimum Gasteiger partial charge on any atom is -0.348 e. The molecule has 184 valence electrons. The molecule has 1 N–H and O–H groups in total. The summed E-state index contributed by atoms with van der Waals surface area (Å²) in [6, 6.07) is 19.3. The van der Waals surface area contributed by atoms with Crippen LogP contribution in [0.2, 0.25) is 5.02 Å². The molecule has 0 saturated heterocycles. The van der Waals surface area contributed by atoms with Crippen molar-refractivity contribution in [1.82, 2.24) is 5.32 Å². The fourth-order valence-corrected chi connectivity index (χ4v) is 6.07. The molecule has 1 amide bonds. The van der Waals surface area contributed by atoms with Crippen molar-refractivity contribution in [2.75, 3.05) is 10.8 Å². The van der Waals surface area contributed by atoms with E-state index < -0.39 is 10.0 Å². The fraction of sp³-hybridized carbons (Fsp3) is 0.321. The Hall–Kier alpha value is -2.83. The van der Waals surface area contributed by atoms with Crippen LogP contribution in [0, 0.1) is 6.92 Å². The van der Waals surface area contributed by atoms with Crippen LogP contribution in [-0.4, -0.2) is 20.9 Å². The van der Waals surface area contributed by atoms with E-state index in [1.165, 1.54) is 48.2 Å². The molecule has 1 atom stereocenters. The summed E-state index contributed by atoms with van der Waals surface area (Å²) < 4.78 is 28.3. The van der Waals surface area contributed by atoms with Gasteiger partial charge < -0.3 is 5.32 Å². The Morgan fingerprint density at radius 3 is 2.29 bits per heavy atom. The summed E-state index contributed by atoms with van der Waals surface area (Å²) >= 11 is 5.96. The van der Waals surface area contributed by atoms with Gasteiger partial charge in [0.1, 0.15) is 6.54 Å². The molecule has 0 heterocycles. The highest BCUT2D eigenvalue weighted by atomic mass is 35.5. The fourth-order valence-electron chi connectivity index (χ4n) is 4.52. The lowest BCUT2D eigenvalue weighted by atomic mass is 9.89. The summed E-state index contributed by atoms with van der Waals surface area (Å²) in [5.41, 5.74) is 5.24. The topological polar surface area (TPSA) is 66.5 Å². The van der Waals surface area contributed by atoms with E-state index in [2.05, 4.69) is 23.5 Å². The van der Waals surface area contributed by atoms with Gasteiger partial charge in [0.05, 0.1) is 16.6 Å². The monoisotopic (exact) mass is 510 g/mol. The zero-order valence-corrected chi connectivity index (χ0v) is 21.7. The lowest BCUT2D eigenvalue weighted by Crippen LogP contribution is -2.42. The quantitative estimate of drug-likeness (QED) is 0.404. The molecule has 1 aliphatic rings. The first-order valence-electron chi connectivity index (χ1n) is 12.0. The van der Waals surface area contributed by atoms with Gasteiger partial charge in [0, 0.05) is 5.02 Å². The number of nitrogens with one attached hydrogen (secondary N) is 1. The molecular weight excluding hydrogens is 480 g/mol. The van der Waals surface area contributed by atoms with E-state index in [-0.39, 0.29) is 23.4 Å². The van der Waals surface area contributed by atoms with Crippen LogP contribution in [0.1, 0.15) is 54.5 Å². The van der Waals surface area contributed by atoms with E-state index in [4.69, 9.17) is 11.6 Å². The molecule has 3 aromatic rings. The number of nitrogens with zero attached hydrogens (tertiary/aromatic N) is 1. The molecule has 0 fully saturated rings. The standard InChI is InChI=1S/C28H31ClN2O3S/c1-3-27(23-11-10-21-6-4-5-7-22(21)18-23)30-28(32)19-31(25-14-8-20(2)9-15-25)35(33,34)26-16-12-24(29)13-17-26/h8-18,27H,3-7,19H2,1-2H3,(H,30,32). The molecule has 0 spiro atoms. The predicted molar refractivity (Wildman–Crippen MR) is 141 cm³/mol. The zero-order valence-electron chi connectivity index (χ0n) is 20.1. The number of benzene rings is 3. The van der Waals surface area contributed by atoms with E-state index in [1.54, 1.807) is 12.1 Å². The van der Waals surface area contributed by atoms with Crippen molar-refractivity contribution in [2.24, 2.45) is 0 Å². The number of aryl methyl sites for hydroxylation is 3. The largest absolute Gasteiger partial charge is 0.348 e. The molecule has 35 heavy (non-hydrogen) atoms. The lowest BCUT2D eigenvalue weighted by molar-refractivity contribution is -0.120. The second-order valence-corrected chi connectivity index (χ2v) is 11.4. The normalized spacial score (nSPS) is 14.1. The first kappa shape index (κ1) is 25.3. The van der Waals surface area contributed by atoms with Crippen LogP contribution in [0.15, 0.2) is 71.6 Å². The van der Waals surface area contributed by atoms with Crippen LogP contribution in [-0.2, 0) is 27.7 Å². The van der Waals surface area contributed by atoms with Crippen molar-refractivity contribution in [2.45, 2.75) is 56.9 Å². The summed E-state index contributed by atoms with van der Waals surface area (Å²) in [6.07, 6.45) is 5.28. The van der Waals surface area contributed by atoms with E-state index in [0.717, 1.165) is 28.3 Å². The first-order valence-corrected chi connectivity index (χ1v) is 13.9. The first-order chi connectivity index (χ1) is 16.8. The second kappa shape index (κ2) is 10.8. The van der Waals surface area contributed by atoms with Crippen molar-refractivity contribution in [3.05, 3.63) is 94.0 Å². The number of anilines is 1. The number of carbonyl (C=O) groups excluding carboxylic acids is 1.